The topological polar surface area (TPSA) is 85.4 Å². The summed E-state index contributed by atoms with van der Waals surface area (Å²) in [7, 11) is 0. The second kappa shape index (κ2) is 8.59. The first-order chi connectivity index (χ1) is 14.1. The molecule has 1 amide bonds. The van der Waals surface area contributed by atoms with Crippen LogP contribution in [0.5, 0.6) is 0 Å². The number of aliphatic hydroxyl groups excluding tert-OH is 1. The molecule has 6 heteroatoms. The molecule has 0 unspecified atom stereocenters. The molecule has 0 bridgehead atoms. The number of nitrogens with one attached hydrogen (secondary N) is 2. The van der Waals surface area contributed by atoms with Gasteiger partial charge < -0.3 is 15.4 Å². The van der Waals surface area contributed by atoms with E-state index in [2.05, 4.69) is 15.2 Å². The highest BCUT2D eigenvalue weighted by Gasteiger charge is 2.24. The second-order valence-corrected chi connectivity index (χ2v) is 7.65. The molecule has 3 aromatic rings. The van der Waals surface area contributed by atoms with Crippen LogP contribution < -0.4 is 10.9 Å². The van der Waals surface area contributed by atoms with Gasteiger partial charge >= 0.3 is 0 Å². The van der Waals surface area contributed by atoms with E-state index < -0.39 is 0 Å². The van der Waals surface area contributed by atoms with Crippen LogP contribution in [-0.2, 0) is 11.2 Å². The third-order valence-corrected chi connectivity index (χ3v) is 5.38. The Kier molecular flexibility index (Phi) is 5.74. The van der Waals surface area contributed by atoms with E-state index in [0.29, 0.717) is 13.1 Å². The Morgan fingerprint density at radius 3 is 2.72 bits per heavy atom. The highest BCUT2D eigenvalue weighted by molar-refractivity contribution is 5.83. The lowest BCUT2D eigenvalue weighted by Gasteiger charge is -2.25. The predicted molar refractivity (Wildman–Crippen MR) is 113 cm³/mol. The largest absolute Gasteiger partial charge is 0.392 e. The van der Waals surface area contributed by atoms with E-state index in [4.69, 9.17) is 0 Å². The van der Waals surface area contributed by atoms with Crippen molar-refractivity contribution in [1.29, 1.82) is 0 Å². The van der Waals surface area contributed by atoms with E-state index >= 15 is 0 Å². The third-order valence-electron chi connectivity index (χ3n) is 5.38. The lowest BCUT2D eigenvalue weighted by Crippen LogP contribution is -2.38. The average Bonchev–Trinajstić information content (AvgIpc) is 3.12. The van der Waals surface area contributed by atoms with Gasteiger partial charge in [0.15, 0.2) is 0 Å². The zero-order valence-electron chi connectivity index (χ0n) is 16.2. The summed E-state index contributed by atoms with van der Waals surface area (Å²) < 4.78 is 0. The van der Waals surface area contributed by atoms with Gasteiger partial charge in [-0.3, -0.25) is 14.5 Å². The minimum atomic E-state index is -0.290. The van der Waals surface area contributed by atoms with Crippen LogP contribution in [0.1, 0.15) is 23.6 Å². The van der Waals surface area contributed by atoms with Crippen molar-refractivity contribution >= 4 is 16.8 Å². The van der Waals surface area contributed by atoms with Crippen LogP contribution in [0.15, 0.2) is 65.5 Å². The van der Waals surface area contributed by atoms with Crippen molar-refractivity contribution in [3.8, 4) is 0 Å². The number of likely N-dealkylation sites (tertiary alicyclic amines) is 1. The first-order valence-electron chi connectivity index (χ1n) is 9.93. The number of aromatic nitrogens is 1. The molecular formula is C23H25N3O3. The molecule has 0 saturated carbocycles. The number of pyridine rings is 1. The number of carbonyl (C=O) groups is 1. The van der Waals surface area contributed by atoms with E-state index in [1.807, 2.05) is 48.5 Å². The number of aliphatic hydroxyl groups is 1. The fourth-order valence-corrected chi connectivity index (χ4v) is 3.89. The Balaban J connectivity index is 1.48. The molecule has 4 rings (SSSR count). The standard InChI is InChI=1S/C23H25N3O3/c27-19-10-11-26(14-19)15-21(17-4-2-1-3-5-17)25-23(29)13-16-6-7-18-8-9-22(28)24-20(18)12-16/h1-9,12,19,21,27H,10-11,13-15H2,(H,24,28)(H,25,29)/t19-,21-/m1/s1. The number of nitrogens with zero attached hydrogens (tertiary/aromatic N) is 1. The zero-order valence-corrected chi connectivity index (χ0v) is 16.2. The summed E-state index contributed by atoms with van der Waals surface area (Å²) >= 11 is 0. The predicted octanol–water partition coefficient (Wildman–Crippen LogP) is 1.99. The molecular weight excluding hydrogens is 366 g/mol. The van der Waals surface area contributed by atoms with Crippen LogP contribution in [0, 0.1) is 0 Å². The minimum absolute atomic E-state index is 0.0729. The molecule has 6 nitrogen and oxygen atoms in total. The number of rotatable bonds is 6. The normalized spacial score (nSPS) is 18.0. The summed E-state index contributed by atoms with van der Waals surface area (Å²) in [5, 5.41) is 13.9. The summed E-state index contributed by atoms with van der Waals surface area (Å²) in [6.45, 7) is 2.13. The molecule has 1 saturated heterocycles. The number of carbonyl (C=O) groups excluding carboxylic acids is 1. The van der Waals surface area contributed by atoms with Crippen LogP contribution in [0.3, 0.4) is 0 Å². The van der Waals surface area contributed by atoms with Crippen LogP contribution in [0.25, 0.3) is 10.9 Å². The molecule has 3 N–H and O–H groups in total. The lowest BCUT2D eigenvalue weighted by atomic mass is 10.0. The summed E-state index contributed by atoms with van der Waals surface area (Å²) in [5.41, 5.74) is 2.47. The highest BCUT2D eigenvalue weighted by atomic mass is 16.3. The molecule has 0 spiro atoms. The van der Waals surface area contributed by atoms with E-state index in [1.54, 1.807) is 6.07 Å². The fourth-order valence-electron chi connectivity index (χ4n) is 3.89. The van der Waals surface area contributed by atoms with Crippen molar-refractivity contribution in [3.05, 3.63) is 82.1 Å². The molecule has 1 aromatic heterocycles. The molecule has 0 aliphatic carbocycles. The van der Waals surface area contributed by atoms with Crippen molar-refractivity contribution < 1.29 is 9.90 Å². The average molecular weight is 391 g/mol. The number of fused-ring (bicyclic) bond motifs is 1. The molecule has 2 atom stereocenters. The molecule has 0 radical (unpaired) electrons. The maximum absolute atomic E-state index is 12.8. The van der Waals surface area contributed by atoms with E-state index in [1.165, 1.54) is 6.07 Å². The van der Waals surface area contributed by atoms with Crippen molar-refractivity contribution in [1.82, 2.24) is 15.2 Å². The number of hydrogen-bond acceptors (Lipinski definition) is 4. The van der Waals surface area contributed by atoms with Gasteiger partial charge in [-0.15, -0.1) is 0 Å². The molecule has 1 fully saturated rings. The van der Waals surface area contributed by atoms with Crippen LogP contribution in [-0.4, -0.2) is 46.6 Å². The summed E-state index contributed by atoms with van der Waals surface area (Å²) in [5.74, 6) is -0.0729. The number of hydrogen-bond donors (Lipinski definition) is 3. The van der Waals surface area contributed by atoms with Crippen molar-refractivity contribution in [2.75, 3.05) is 19.6 Å². The number of benzene rings is 2. The van der Waals surface area contributed by atoms with E-state index in [0.717, 1.165) is 35.0 Å². The van der Waals surface area contributed by atoms with Gasteiger partial charge in [0, 0.05) is 31.2 Å². The number of amides is 1. The van der Waals surface area contributed by atoms with Crippen molar-refractivity contribution in [3.63, 3.8) is 0 Å². The smallest absolute Gasteiger partial charge is 0.248 e. The Morgan fingerprint density at radius 2 is 1.97 bits per heavy atom. The fraction of sp³-hybridized carbons (Fsp3) is 0.304. The van der Waals surface area contributed by atoms with Gasteiger partial charge in [0.1, 0.15) is 0 Å². The van der Waals surface area contributed by atoms with E-state index in [9.17, 15) is 14.7 Å². The van der Waals surface area contributed by atoms with Crippen molar-refractivity contribution in [2.24, 2.45) is 0 Å². The Morgan fingerprint density at radius 1 is 1.17 bits per heavy atom. The third kappa shape index (κ3) is 4.91. The maximum Gasteiger partial charge on any atom is 0.248 e. The molecule has 2 aromatic carbocycles. The highest BCUT2D eigenvalue weighted by Crippen LogP contribution is 2.19. The summed E-state index contributed by atoms with van der Waals surface area (Å²) in [6, 6.07) is 18.7. The first kappa shape index (κ1) is 19.4. The number of β-amino-alcohol motifs (C(OH)–C–C–N with tert-alkyl or cyclic N) is 1. The number of aromatic amines is 1. The van der Waals surface area contributed by atoms with Crippen LogP contribution in [0.2, 0.25) is 0 Å². The van der Waals surface area contributed by atoms with E-state index in [-0.39, 0.29) is 30.0 Å². The first-order valence-corrected chi connectivity index (χ1v) is 9.93. The van der Waals surface area contributed by atoms with Gasteiger partial charge in [-0.1, -0.05) is 42.5 Å². The lowest BCUT2D eigenvalue weighted by molar-refractivity contribution is -0.121. The molecule has 2 heterocycles. The van der Waals surface area contributed by atoms with Crippen LogP contribution in [0.4, 0.5) is 0 Å². The Bertz CT molecular complexity index is 1050. The summed E-state index contributed by atoms with van der Waals surface area (Å²) in [4.78, 5) is 29.3. The van der Waals surface area contributed by atoms with Gasteiger partial charge in [0.2, 0.25) is 11.5 Å². The quantitative estimate of drug-likeness (QED) is 0.600. The zero-order chi connectivity index (χ0) is 20.2. The van der Waals surface area contributed by atoms with Gasteiger partial charge in [-0.2, -0.15) is 0 Å². The summed E-state index contributed by atoms with van der Waals surface area (Å²) in [6.07, 6.45) is 0.714. The monoisotopic (exact) mass is 391 g/mol. The second-order valence-electron chi connectivity index (χ2n) is 7.65. The number of H-pyrrole nitrogens is 1. The molecule has 150 valence electrons. The van der Waals surface area contributed by atoms with Gasteiger partial charge in [-0.05, 0) is 35.1 Å². The maximum atomic E-state index is 12.8. The Hall–Kier alpha value is -2.96. The van der Waals surface area contributed by atoms with Crippen LogP contribution >= 0.6 is 0 Å². The SMILES string of the molecule is O=C(Cc1ccc2ccc(=O)[nH]c2c1)N[C@H](CN1CC[C@@H](O)C1)c1ccccc1. The molecule has 1 aliphatic rings. The molecule has 29 heavy (non-hydrogen) atoms. The van der Waals surface area contributed by atoms with Gasteiger partial charge in [-0.25, -0.2) is 0 Å². The Labute approximate surface area is 169 Å². The molecule has 1 aliphatic heterocycles. The van der Waals surface area contributed by atoms with Gasteiger partial charge in [0.05, 0.1) is 18.6 Å². The van der Waals surface area contributed by atoms with Gasteiger partial charge in [0.25, 0.3) is 0 Å². The van der Waals surface area contributed by atoms with Crippen molar-refractivity contribution in [2.45, 2.75) is 25.0 Å². The minimum Gasteiger partial charge on any atom is -0.392 e.